The summed E-state index contributed by atoms with van der Waals surface area (Å²) in [4.78, 5) is 11.0. The molecule has 1 heterocycles. The summed E-state index contributed by atoms with van der Waals surface area (Å²) in [6, 6.07) is 7.16. The number of hydrogen-bond donors (Lipinski definition) is 1. The highest BCUT2D eigenvalue weighted by atomic mass is 16.6. The highest BCUT2D eigenvalue weighted by Gasteiger charge is 2.20. The standard InChI is InChI=1S/C12H13NO3/c1-8(12(13)14)9-3-2-4-10(5-9)16-11-6-15-7-11/h2-5,11H,1,6-7H2,(H2,13,14). The van der Waals surface area contributed by atoms with E-state index in [4.69, 9.17) is 15.2 Å². The van der Waals surface area contributed by atoms with Crippen LogP contribution in [-0.2, 0) is 9.53 Å². The van der Waals surface area contributed by atoms with E-state index in [2.05, 4.69) is 6.58 Å². The Hall–Kier alpha value is -1.81. The average molecular weight is 219 g/mol. The SMILES string of the molecule is C=C(C(N)=O)c1cccc(OC2COC2)c1. The molecule has 1 aliphatic rings. The number of carbonyl (C=O) groups excluding carboxylic acids is 1. The number of carbonyl (C=O) groups is 1. The Kier molecular flexibility index (Phi) is 2.92. The lowest BCUT2D eigenvalue weighted by molar-refractivity contribution is -0.112. The van der Waals surface area contributed by atoms with E-state index in [-0.39, 0.29) is 11.7 Å². The predicted octanol–water partition coefficient (Wildman–Crippen LogP) is 0.963. The van der Waals surface area contributed by atoms with Crippen LogP contribution in [0.15, 0.2) is 30.8 Å². The van der Waals surface area contributed by atoms with Gasteiger partial charge in [0.25, 0.3) is 0 Å². The fraction of sp³-hybridized carbons (Fsp3) is 0.250. The molecule has 1 aromatic carbocycles. The minimum atomic E-state index is -0.524. The van der Waals surface area contributed by atoms with Crippen molar-refractivity contribution >= 4 is 11.5 Å². The molecular formula is C12H13NO3. The molecule has 0 spiro atoms. The molecule has 1 amide bonds. The smallest absolute Gasteiger partial charge is 0.248 e. The van der Waals surface area contributed by atoms with Crippen molar-refractivity contribution in [2.75, 3.05) is 13.2 Å². The van der Waals surface area contributed by atoms with Crippen LogP contribution in [0.25, 0.3) is 5.57 Å². The molecular weight excluding hydrogens is 206 g/mol. The lowest BCUT2D eigenvalue weighted by Gasteiger charge is -2.26. The van der Waals surface area contributed by atoms with Gasteiger partial charge >= 0.3 is 0 Å². The molecule has 1 aliphatic heterocycles. The quantitative estimate of drug-likeness (QED) is 0.767. The monoisotopic (exact) mass is 219 g/mol. The van der Waals surface area contributed by atoms with E-state index in [1.807, 2.05) is 6.07 Å². The second-order valence-corrected chi connectivity index (χ2v) is 3.65. The minimum Gasteiger partial charge on any atom is -0.486 e. The normalized spacial score (nSPS) is 15.2. The van der Waals surface area contributed by atoms with Gasteiger partial charge in [0.05, 0.1) is 13.2 Å². The first-order valence-electron chi connectivity index (χ1n) is 5.00. The van der Waals surface area contributed by atoms with Gasteiger partial charge in [0.2, 0.25) is 5.91 Å². The molecule has 2 N–H and O–H groups in total. The van der Waals surface area contributed by atoms with Gasteiger partial charge in [-0.2, -0.15) is 0 Å². The lowest BCUT2D eigenvalue weighted by atomic mass is 10.1. The van der Waals surface area contributed by atoms with Gasteiger partial charge < -0.3 is 15.2 Å². The number of nitrogens with two attached hydrogens (primary N) is 1. The molecule has 0 unspecified atom stereocenters. The average Bonchev–Trinajstić information content (AvgIpc) is 2.23. The molecule has 0 aliphatic carbocycles. The van der Waals surface area contributed by atoms with Crippen LogP contribution in [0.3, 0.4) is 0 Å². The maximum absolute atomic E-state index is 11.0. The Morgan fingerprint density at radius 1 is 1.50 bits per heavy atom. The van der Waals surface area contributed by atoms with E-state index in [0.717, 1.165) is 0 Å². The summed E-state index contributed by atoms with van der Waals surface area (Å²) in [5, 5.41) is 0. The van der Waals surface area contributed by atoms with Gasteiger partial charge in [-0.25, -0.2) is 0 Å². The fourth-order valence-electron chi connectivity index (χ4n) is 1.37. The maximum atomic E-state index is 11.0. The molecule has 16 heavy (non-hydrogen) atoms. The van der Waals surface area contributed by atoms with Crippen molar-refractivity contribution in [3.63, 3.8) is 0 Å². The van der Waals surface area contributed by atoms with E-state index in [9.17, 15) is 4.79 Å². The van der Waals surface area contributed by atoms with Crippen molar-refractivity contribution < 1.29 is 14.3 Å². The van der Waals surface area contributed by atoms with Gasteiger partial charge in [-0.15, -0.1) is 0 Å². The topological polar surface area (TPSA) is 61.6 Å². The summed E-state index contributed by atoms with van der Waals surface area (Å²) in [6.45, 7) is 4.85. The number of hydrogen-bond acceptors (Lipinski definition) is 3. The summed E-state index contributed by atoms with van der Waals surface area (Å²) in [7, 11) is 0. The van der Waals surface area contributed by atoms with E-state index in [1.165, 1.54) is 0 Å². The zero-order chi connectivity index (χ0) is 11.5. The molecule has 0 radical (unpaired) electrons. The molecule has 0 aromatic heterocycles. The highest BCUT2D eigenvalue weighted by molar-refractivity contribution is 6.17. The number of ether oxygens (including phenoxy) is 2. The summed E-state index contributed by atoms with van der Waals surface area (Å²) < 4.78 is 10.6. The van der Waals surface area contributed by atoms with Gasteiger partial charge in [-0.05, 0) is 17.7 Å². The second kappa shape index (κ2) is 4.37. The number of benzene rings is 1. The van der Waals surface area contributed by atoms with E-state index < -0.39 is 5.91 Å². The molecule has 0 bridgehead atoms. The third-order valence-corrected chi connectivity index (χ3v) is 2.39. The number of rotatable bonds is 4. The van der Waals surface area contributed by atoms with Gasteiger partial charge in [0.15, 0.2) is 0 Å². The maximum Gasteiger partial charge on any atom is 0.248 e. The van der Waals surface area contributed by atoms with Crippen LogP contribution in [0.5, 0.6) is 5.75 Å². The van der Waals surface area contributed by atoms with Gasteiger partial charge in [0, 0.05) is 5.57 Å². The van der Waals surface area contributed by atoms with Crippen LogP contribution >= 0.6 is 0 Å². The van der Waals surface area contributed by atoms with Crippen LogP contribution < -0.4 is 10.5 Å². The second-order valence-electron chi connectivity index (χ2n) is 3.65. The molecule has 4 heteroatoms. The summed E-state index contributed by atoms with van der Waals surface area (Å²) in [5.74, 6) is 0.178. The molecule has 0 saturated carbocycles. The Balaban J connectivity index is 2.12. The van der Waals surface area contributed by atoms with Crippen molar-refractivity contribution in [1.82, 2.24) is 0 Å². The van der Waals surface area contributed by atoms with Crippen LogP contribution in [0, 0.1) is 0 Å². The molecule has 84 valence electrons. The molecule has 1 fully saturated rings. The predicted molar refractivity (Wildman–Crippen MR) is 59.9 cm³/mol. The van der Waals surface area contributed by atoms with E-state index >= 15 is 0 Å². The van der Waals surface area contributed by atoms with Crippen molar-refractivity contribution in [1.29, 1.82) is 0 Å². The molecule has 4 nitrogen and oxygen atoms in total. The summed E-state index contributed by atoms with van der Waals surface area (Å²) in [6.07, 6.45) is 0.108. The molecule has 2 rings (SSSR count). The van der Waals surface area contributed by atoms with Crippen molar-refractivity contribution in [2.24, 2.45) is 5.73 Å². The van der Waals surface area contributed by atoms with Crippen LogP contribution in [0.1, 0.15) is 5.56 Å². The van der Waals surface area contributed by atoms with Gasteiger partial charge in [0.1, 0.15) is 11.9 Å². The summed E-state index contributed by atoms with van der Waals surface area (Å²) in [5.41, 5.74) is 6.13. The Labute approximate surface area is 93.7 Å². The Bertz CT molecular complexity index is 424. The first kappa shape index (κ1) is 10.7. The Morgan fingerprint density at radius 2 is 2.25 bits per heavy atom. The third-order valence-electron chi connectivity index (χ3n) is 2.39. The molecule has 0 atom stereocenters. The molecule has 1 saturated heterocycles. The first-order valence-corrected chi connectivity index (χ1v) is 5.00. The Morgan fingerprint density at radius 3 is 2.81 bits per heavy atom. The highest BCUT2D eigenvalue weighted by Crippen LogP contribution is 2.21. The van der Waals surface area contributed by atoms with Gasteiger partial charge in [-0.3, -0.25) is 4.79 Å². The van der Waals surface area contributed by atoms with Crippen molar-refractivity contribution in [2.45, 2.75) is 6.10 Å². The number of primary amides is 1. The zero-order valence-electron chi connectivity index (χ0n) is 8.81. The van der Waals surface area contributed by atoms with Crippen molar-refractivity contribution in [3.8, 4) is 5.75 Å². The van der Waals surface area contributed by atoms with Gasteiger partial charge in [-0.1, -0.05) is 18.7 Å². The zero-order valence-corrected chi connectivity index (χ0v) is 8.81. The molecule has 1 aromatic rings. The van der Waals surface area contributed by atoms with Crippen LogP contribution in [-0.4, -0.2) is 25.2 Å². The summed E-state index contributed by atoms with van der Waals surface area (Å²) >= 11 is 0. The van der Waals surface area contributed by atoms with Crippen LogP contribution in [0.4, 0.5) is 0 Å². The largest absolute Gasteiger partial charge is 0.486 e. The third kappa shape index (κ3) is 2.23. The van der Waals surface area contributed by atoms with Crippen molar-refractivity contribution in [3.05, 3.63) is 36.4 Å². The van der Waals surface area contributed by atoms with E-state index in [1.54, 1.807) is 18.2 Å². The fourth-order valence-corrected chi connectivity index (χ4v) is 1.37. The lowest BCUT2D eigenvalue weighted by Crippen LogP contribution is -2.38. The van der Waals surface area contributed by atoms with Crippen LogP contribution in [0.2, 0.25) is 0 Å². The first-order chi connectivity index (χ1) is 7.66. The number of amides is 1. The van der Waals surface area contributed by atoms with E-state index in [0.29, 0.717) is 24.5 Å². The minimum absolute atomic E-state index is 0.108.